The zero-order valence-electron chi connectivity index (χ0n) is 17.2. The zero-order valence-corrected chi connectivity index (χ0v) is 18.1. The minimum absolute atomic E-state index is 0.0369. The standard InChI is InChI=1S/C18H32N5O3P/c1-7-19-15(16-20-10-12-23(16)27(5,6)25)21-14-9-8-11-22(13-14)17(24)26-18(2,3)4/h10,12,14H,7-9,11,13H2,1-6H3,(H,19,21)/t14-/m0/s1. The highest BCUT2D eigenvalue weighted by molar-refractivity contribution is 7.60. The number of nitrogens with one attached hydrogen (secondary N) is 1. The van der Waals surface area contributed by atoms with E-state index < -0.39 is 12.9 Å². The van der Waals surface area contributed by atoms with Crippen LogP contribution in [0, 0.1) is 0 Å². The minimum Gasteiger partial charge on any atom is -0.444 e. The maximum atomic E-state index is 12.5. The largest absolute Gasteiger partial charge is 0.444 e. The molecule has 1 amide bonds. The number of aliphatic imine (C=N–C) groups is 1. The highest BCUT2D eigenvalue weighted by Crippen LogP contribution is 2.39. The number of piperidine rings is 1. The molecule has 0 unspecified atom stereocenters. The van der Waals surface area contributed by atoms with Crippen LogP contribution in [0.25, 0.3) is 0 Å². The van der Waals surface area contributed by atoms with Gasteiger partial charge >= 0.3 is 6.09 Å². The number of imidazole rings is 1. The Morgan fingerprint density at radius 1 is 1.44 bits per heavy atom. The number of ether oxygens (including phenoxy) is 1. The van der Waals surface area contributed by atoms with E-state index in [1.807, 2.05) is 27.7 Å². The Labute approximate surface area is 161 Å². The van der Waals surface area contributed by atoms with E-state index in [0.717, 1.165) is 12.8 Å². The van der Waals surface area contributed by atoms with Crippen molar-refractivity contribution in [3.05, 3.63) is 18.2 Å². The lowest BCUT2D eigenvalue weighted by molar-refractivity contribution is 0.0194. The second-order valence-corrected chi connectivity index (χ2v) is 11.1. The first-order chi connectivity index (χ1) is 12.5. The summed E-state index contributed by atoms with van der Waals surface area (Å²) in [7, 11) is -2.54. The Kier molecular flexibility index (Phi) is 6.73. The first-order valence-electron chi connectivity index (χ1n) is 9.39. The van der Waals surface area contributed by atoms with E-state index in [4.69, 9.17) is 4.74 Å². The molecule has 1 fully saturated rings. The average molecular weight is 397 g/mol. The second kappa shape index (κ2) is 8.46. The molecule has 1 aromatic heterocycles. The summed E-state index contributed by atoms with van der Waals surface area (Å²) < 4.78 is 19.7. The fraction of sp³-hybridized carbons (Fsp3) is 0.722. The Morgan fingerprint density at radius 3 is 2.74 bits per heavy atom. The molecule has 152 valence electrons. The average Bonchev–Trinajstić information content (AvgIpc) is 3.03. The molecule has 2 heterocycles. The van der Waals surface area contributed by atoms with E-state index >= 15 is 0 Å². The van der Waals surface area contributed by atoms with E-state index in [1.54, 1.807) is 35.0 Å². The summed E-state index contributed by atoms with van der Waals surface area (Å²) in [5, 5.41) is 3.42. The molecular weight excluding hydrogens is 365 g/mol. The van der Waals surface area contributed by atoms with Crippen LogP contribution in [0.4, 0.5) is 4.79 Å². The zero-order chi connectivity index (χ0) is 20.2. The van der Waals surface area contributed by atoms with Crippen molar-refractivity contribution in [1.29, 1.82) is 0 Å². The fourth-order valence-electron chi connectivity index (χ4n) is 2.97. The molecule has 0 saturated carbocycles. The number of hydrogen-bond acceptors (Lipinski definition) is 5. The van der Waals surface area contributed by atoms with Crippen molar-refractivity contribution in [3.63, 3.8) is 0 Å². The third-order valence-corrected chi connectivity index (χ3v) is 5.44. The van der Waals surface area contributed by atoms with Gasteiger partial charge < -0.3 is 19.5 Å². The molecule has 1 aliphatic rings. The lowest BCUT2D eigenvalue weighted by atomic mass is 10.1. The number of hydrogen-bond donors (Lipinski definition) is 1. The molecule has 1 saturated heterocycles. The van der Waals surface area contributed by atoms with Crippen LogP contribution in [0.15, 0.2) is 17.4 Å². The summed E-state index contributed by atoms with van der Waals surface area (Å²) in [4.78, 5) is 23.0. The van der Waals surface area contributed by atoms with Crippen LogP contribution in [-0.2, 0) is 9.30 Å². The number of amides is 1. The van der Waals surface area contributed by atoms with Gasteiger partial charge in [-0.3, -0.25) is 9.33 Å². The lowest BCUT2D eigenvalue weighted by Crippen LogP contribution is -2.51. The maximum absolute atomic E-state index is 12.5. The number of carbonyl (C=O) groups is 1. The SMILES string of the molecule is CC/N=C(/N[C@H]1CCCN(C(=O)OC(C)(C)C)C1)c1nccn1P(C)(C)=O. The molecule has 27 heavy (non-hydrogen) atoms. The Bertz CT molecular complexity index is 732. The van der Waals surface area contributed by atoms with Crippen LogP contribution < -0.4 is 5.32 Å². The first kappa shape index (κ1) is 21.5. The fourth-order valence-corrected chi connectivity index (χ4v) is 3.96. The Balaban J connectivity index is 2.13. The summed E-state index contributed by atoms with van der Waals surface area (Å²) in [5.74, 6) is 1.18. The van der Waals surface area contributed by atoms with Gasteiger partial charge in [-0.05, 0) is 40.5 Å². The van der Waals surface area contributed by atoms with Gasteiger partial charge in [0.25, 0.3) is 0 Å². The molecule has 1 N–H and O–H groups in total. The van der Waals surface area contributed by atoms with Crippen LogP contribution in [0.5, 0.6) is 0 Å². The Hall–Kier alpha value is -1.82. The van der Waals surface area contributed by atoms with Gasteiger partial charge in [-0.2, -0.15) is 0 Å². The molecule has 1 aromatic rings. The third kappa shape index (κ3) is 6.09. The number of carbonyl (C=O) groups excluding carboxylic acids is 1. The number of rotatable bonds is 4. The van der Waals surface area contributed by atoms with Crippen molar-refractivity contribution in [3.8, 4) is 0 Å². The van der Waals surface area contributed by atoms with Gasteiger partial charge in [0.1, 0.15) is 5.60 Å². The molecule has 0 bridgehead atoms. The molecule has 9 heteroatoms. The minimum atomic E-state index is -2.54. The second-order valence-electron chi connectivity index (χ2n) is 8.12. The van der Waals surface area contributed by atoms with Gasteiger partial charge in [-0.1, -0.05) is 0 Å². The van der Waals surface area contributed by atoms with Crippen LogP contribution in [-0.4, -0.2) is 70.8 Å². The molecule has 0 radical (unpaired) electrons. The Morgan fingerprint density at radius 2 is 2.15 bits per heavy atom. The van der Waals surface area contributed by atoms with E-state index in [0.29, 0.717) is 31.3 Å². The van der Waals surface area contributed by atoms with Crippen LogP contribution in [0.2, 0.25) is 0 Å². The normalized spacial score (nSPS) is 19.1. The number of nitrogens with zero attached hydrogens (tertiary/aromatic N) is 4. The van der Waals surface area contributed by atoms with Crippen molar-refractivity contribution in [2.75, 3.05) is 33.0 Å². The summed E-state index contributed by atoms with van der Waals surface area (Å²) in [5.41, 5.74) is -0.513. The van der Waals surface area contributed by atoms with Crippen LogP contribution >= 0.6 is 7.29 Å². The number of aromatic nitrogens is 2. The number of likely N-dealkylation sites (tertiary alicyclic amines) is 1. The summed E-state index contributed by atoms with van der Waals surface area (Å²) in [6, 6.07) is 0.0369. The van der Waals surface area contributed by atoms with Crippen molar-refractivity contribution < 1.29 is 14.1 Å². The predicted molar refractivity (Wildman–Crippen MR) is 108 cm³/mol. The van der Waals surface area contributed by atoms with Crippen LogP contribution in [0.1, 0.15) is 46.4 Å². The van der Waals surface area contributed by atoms with Crippen LogP contribution in [0.3, 0.4) is 0 Å². The van der Waals surface area contributed by atoms with E-state index in [9.17, 15) is 9.36 Å². The molecular formula is C18H32N5O3P. The first-order valence-corrected chi connectivity index (χ1v) is 11.9. The molecule has 8 nitrogen and oxygen atoms in total. The van der Waals surface area contributed by atoms with Gasteiger partial charge in [0.05, 0.1) is 0 Å². The summed E-state index contributed by atoms with van der Waals surface area (Å²) >= 11 is 0. The molecule has 2 rings (SSSR count). The smallest absolute Gasteiger partial charge is 0.410 e. The van der Waals surface area contributed by atoms with Crippen molar-refractivity contribution in [1.82, 2.24) is 19.5 Å². The van der Waals surface area contributed by atoms with E-state index in [-0.39, 0.29) is 12.1 Å². The quantitative estimate of drug-likeness (QED) is 0.479. The van der Waals surface area contributed by atoms with Crippen molar-refractivity contribution in [2.24, 2.45) is 4.99 Å². The molecule has 0 aromatic carbocycles. The van der Waals surface area contributed by atoms with Crippen molar-refractivity contribution >= 4 is 19.2 Å². The van der Waals surface area contributed by atoms with Gasteiger partial charge in [-0.15, -0.1) is 0 Å². The highest BCUT2D eigenvalue weighted by atomic mass is 31.2. The summed E-state index contributed by atoms with van der Waals surface area (Å²) in [6.07, 6.45) is 4.85. The van der Waals surface area contributed by atoms with Gasteiger partial charge in [0.2, 0.25) is 0 Å². The molecule has 1 atom stereocenters. The van der Waals surface area contributed by atoms with Gasteiger partial charge in [0.15, 0.2) is 19.0 Å². The van der Waals surface area contributed by atoms with Gasteiger partial charge in [-0.25, -0.2) is 9.78 Å². The van der Waals surface area contributed by atoms with Crippen molar-refractivity contribution in [2.45, 2.75) is 52.2 Å². The van der Waals surface area contributed by atoms with E-state index in [2.05, 4.69) is 15.3 Å². The highest BCUT2D eigenvalue weighted by Gasteiger charge is 2.29. The van der Waals surface area contributed by atoms with E-state index in [1.165, 1.54) is 0 Å². The monoisotopic (exact) mass is 397 g/mol. The topological polar surface area (TPSA) is 88.8 Å². The number of amidine groups is 1. The third-order valence-electron chi connectivity index (χ3n) is 4.08. The predicted octanol–water partition coefficient (Wildman–Crippen LogP) is 3.02. The van der Waals surface area contributed by atoms with Gasteiger partial charge in [0, 0.05) is 51.4 Å². The maximum Gasteiger partial charge on any atom is 0.410 e. The summed E-state index contributed by atoms with van der Waals surface area (Å²) in [6.45, 7) is 12.7. The molecule has 0 spiro atoms. The lowest BCUT2D eigenvalue weighted by Gasteiger charge is -2.35. The molecule has 0 aliphatic carbocycles. The molecule has 1 aliphatic heterocycles.